The van der Waals surface area contributed by atoms with Gasteiger partial charge in [-0.1, -0.05) is 36.7 Å². The van der Waals surface area contributed by atoms with Gasteiger partial charge in [-0.15, -0.1) is 0 Å². The van der Waals surface area contributed by atoms with E-state index in [1.165, 1.54) is 12.1 Å². The minimum absolute atomic E-state index is 0.155. The van der Waals surface area contributed by atoms with Crippen molar-refractivity contribution in [3.63, 3.8) is 0 Å². The van der Waals surface area contributed by atoms with Gasteiger partial charge in [0.25, 0.3) is 5.91 Å². The molecule has 0 fully saturated rings. The fraction of sp³-hybridized carbons (Fsp3) is 0.235. The highest BCUT2D eigenvalue weighted by molar-refractivity contribution is 6.30. The third kappa shape index (κ3) is 4.30. The largest absolute Gasteiger partial charge is 0.351 e. The van der Waals surface area contributed by atoms with Gasteiger partial charge < -0.3 is 5.32 Å². The number of carbonyl (C=O) groups is 1. The lowest BCUT2D eigenvalue weighted by Crippen LogP contribution is -2.28. The van der Waals surface area contributed by atoms with Crippen molar-refractivity contribution in [1.82, 2.24) is 5.32 Å². The molecule has 0 radical (unpaired) electrons. The monoisotopic (exact) mass is 305 g/mol. The second kappa shape index (κ2) is 7.23. The summed E-state index contributed by atoms with van der Waals surface area (Å²) in [6.45, 7) is 2.55. The highest BCUT2D eigenvalue weighted by Gasteiger charge is 2.12. The molecule has 4 heteroatoms. The normalized spacial score (nSPS) is 12.0. The van der Waals surface area contributed by atoms with Crippen LogP contribution in [0.15, 0.2) is 48.5 Å². The van der Waals surface area contributed by atoms with Crippen LogP contribution in [-0.2, 0) is 0 Å². The Labute approximate surface area is 128 Å². The average Bonchev–Trinajstić information content (AvgIpc) is 2.49. The van der Waals surface area contributed by atoms with E-state index in [4.69, 9.17) is 11.6 Å². The van der Waals surface area contributed by atoms with E-state index < -0.39 is 0 Å². The van der Waals surface area contributed by atoms with Crippen molar-refractivity contribution < 1.29 is 9.18 Å². The number of amides is 1. The SMILES string of the molecule is CC[C@H](CNC(=O)c1cccc(Cl)c1)c1ccc(F)cc1. The van der Waals surface area contributed by atoms with E-state index in [0.29, 0.717) is 17.1 Å². The lowest BCUT2D eigenvalue weighted by molar-refractivity contribution is 0.0951. The summed E-state index contributed by atoms with van der Waals surface area (Å²) in [5.74, 6) is -0.247. The minimum atomic E-state index is -0.253. The molecule has 2 aromatic carbocycles. The van der Waals surface area contributed by atoms with E-state index in [-0.39, 0.29) is 17.6 Å². The lowest BCUT2D eigenvalue weighted by Gasteiger charge is -2.16. The van der Waals surface area contributed by atoms with Crippen LogP contribution in [0.5, 0.6) is 0 Å². The van der Waals surface area contributed by atoms with Crippen LogP contribution in [0.25, 0.3) is 0 Å². The molecule has 0 saturated carbocycles. The molecule has 2 nitrogen and oxygen atoms in total. The van der Waals surface area contributed by atoms with E-state index in [2.05, 4.69) is 5.32 Å². The highest BCUT2D eigenvalue weighted by atomic mass is 35.5. The Morgan fingerprint density at radius 1 is 1.24 bits per heavy atom. The maximum Gasteiger partial charge on any atom is 0.251 e. The van der Waals surface area contributed by atoms with Gasteiger partial charge in [-0.2, -0.15) is 0 Å². The molecule has 0 aromatic heterocycles. The first-order valence-corrected chi connectivity index (χ1v) is 7.27. The molecule has 2 aromatic rings. The number of carbonyl (C=O) groups excluding carboxylic acids is 1. The zero-order chi connectivity index (χ0) is 15.2. The predicted molar refractivity (Wildman–Crippen MR) is 83.2 cm³/mol. The molecule has 0 saturated heterocycles. The summed E-state index contributed by atoms with van der Waals surface area (Å²) in [5.41, 5.74) is 1.56. The van der Waals surface area contributed by atoms with Gasteiger partial charge in [0.2, 0.25) is 0 Å². The molecule has 0 unspecified atom stereocenters. The third-order valence-corrected chi connectivity index (χ3v) is 3.67. The summed E-state index contributed by atoms with van der Waals surface area (Å²) >= 11 is 5.87. The second-order valence-corrected chi connectivity index (χ2v) is 5.31. The van der Waals surface area contributed by atoms with Crippen LogP contribution in [0.4, 0.5) is 4.39 Å². The van der Waals surface area contributed by atoms with Crippen LogP contribution >= 0.6 is 11.6 Å². The molecule has 0 heterocycles. The first kappa shape index (κ1) is 15.5. The molecule has 21 heavy (non-hydrogen) atoms. The van der Waals surface area contributed by atoms with Crippen molar-refractivity contribution >= 4 is 17.5 Å². The standard InChI is InChI=1S/C17H17ClFNO/c1-2-12(13-6-8-16(19)9-7-13)11-20-17(21)14-4-3-5-15(18)10-14/h3-10,12H,2,11H2,1H3,(H,20,21)/t12-/m1/s1. The maximum absolute atomic E-state index is 12.9. The summed E-state index contributed by atoms with van der Waals surface area (Å²) < 4.78 is 12.9. The van der Waals surface area contributed by atoms with Gasteiger partial charge in [-0.05, 0) is 42.3 Å². The van der Waals surface area contributed by atoms with Crippen LogP contribution in [0, 0.1) is 5.82 Å². The smallest absolute Gasteiger partial charge is 0.251 e. The number of hydrogen-bond acceptors (Lipinski definition) is 1. The van der Waals surface area contributed by atoms with Crippen molar-refractivity contribution in [2.45, 2.75) is 19.3 Å². The summed E-state index contributed by atoms with van der Waals surface area (Å²) in [7, 11) is 0. The van der Waals surface area contributed by atoms with Gasteiger partial charge in [0.05, 0.1) is 0 Å². The molecule has 0 spiro atoms. The summed E-state index contributed by atoms with van der Waals surface area (Å²) in [5, 5.41) is 3.43. The van der Waals surface area contributed by atoms with E-state index in [1.54, 1.807) is 36.4 Å². The quantitative estimate of drug-likeness (QED) is 0.871. The van der Waals surface area contributed by atoms with Crippen molar-refractivity contribution in [1.29, 1.82) is 0 Å². The Kier molecular flexibility index (Phi) is 5.34. The molecular weight excluding hydrogens is 289 g/mol. The van der Waals surface area contributed by atoms with Crippen molar-refractivity contribution in [3.8, 4) is 0 Å². The zero-order valence-corrected chi connectivity index (χ0v) is 12.5. The van der Waals surface area contributed by atoms with Crippen molar-refractivity contribution in [2.24, 2.45) is 0 Å². The van der Waals surface area contributed by atoms with Crippen LogP contribution < -0.4 is 5.32 Å². The number of hydrogen-bond donors (Lipinski definition) is 1. The summed E-state index contributed by atoms with van der Waals surface area (Å²) in [6, 6.07) is 13.2. The van der Waals surface area contributed by atoms with Crippen LogP contribution in [0.1, 0.15) is 35.2 Å². The van der Waals surface area contributed by atoms with E-state index in [9.17, 15) is 9.18 Å². The molecule has 0 aliphatic carbocycles. The van der Waals surface area contributed by atoms with Gasteiger partial charge >= 0.3 is 0 Å². The van der Waals surface area contributed by atoms with Gasteiger partial charge in [0.15, 0.2) is 0 Å². The Bertz CT molecular complexity index is 612. The molecule has 0 aliphatic rings. The van der Waals surface area contributed by atoms with Crippen molar-refractivity contribution in [3.05, 3.63) is 70.5 Å². The van der Waals surface area contributed by atoms with Crippen molar-refractivity contribution in [2.75, 3.05) is 6.54 Å². The van der Waals surface area contributed by atoms with Crippen LogP contribution in [-0.4, -0.2) is 12.5 Å². The molecule has 2 rings (SSSR count). The minimum Gasteiger partial charge on any atom is -0.351 e. The Morgan fingerprint density at radius 2 is 1.95 bits per heavy atom. The van der Waals surface area contributed by atoms with Gasteiger partial charge in [-0.25, -0.2) is 4.39 Å². The fourth-order valence-corrected chi connectivity index (χ4v) is 2.37. The van der Waals surface area contributed by atoms with E-state index in [0.717, 1.165) is 12.0 Å². The predicted octanol–water partition coefficient (Wildman–Crippen LogP) is 4.40. The number of nitrogens with one attached hydrogen (secondary N) is 1. The molecule has 1 atom stereocenters. The summed E-state index contributed by atoms with van der Waals surface area (Å²) in [4.78, 5) is 12.1. The van der Waals surface area contributed by atoms with Crippen LogP contribution in [0.2, 0.25) is 5.02 Å². The topological polar surface area (TPSA) is 29.1 Å². The molecular formula is C17H17ClFNO. The maximum atomic E-state index is 12.9. The first-order valence-electron chi connectivity index (χ1n) is 6.89. The molecule has 1 N–H and O–H groups in total. The van der Waals surface area contributed by atoms with E-state index in [1.807, 2.05) is 6.92 Å². The van der Waals surface area contributed by atoms with Gasteiger partial charge in [-0.3, -0.25) is 4.79 Å². The average molecular weight is 306 g/mol. The zero-order valence-electron chi connectivity index (χ0n) is 11.8. The molecule has 110 valence electrons. The number of benzene rings is 2. The first-order chi connectivity index (χ1) is 10.1. The summed E-state index contributed by atoms with van der Waals surface area (Å²) in [6.07, 6.45) is 0.863. The molecule has 0 bridgehead atoms. The highest BCUT2D eigenvalue weighted by Crippen LogP contribution is 2.19. The fourth-order valence-electron chi connectivity index (χ4n) is 2.18. The molecule has 0 aliphatic heterocycles. The number of halogens is 2. The Balaban J connectivity index is 2.00. The van der Waals surface area contributed by atoms with Gasteiger partial charge in [0, 0.05) is 23.0 Å². The Hall–Kier alpha value is -1.87. The van der Waals surface area contributed by atoms with Gasteiger partial charge in [0.1, 0.15) is 5.82 Å². The molecule has 1 amide bonds. The third-order valence-electron chi connectivity index (χ3n) is 3.43. The number of rotatable bonds is 5. The lowest BCUT2D eigenvalue weighted by atomic mass is 9.96. The Morgan fingerprint density at radius 3 is 2.57 bits per heavy atom. The second-order valence-electron chi connectivity index (χ2n) is 4.88. The van der Waals surface area contributed by atoms with E-state index >= 15 is 0 Å². The van der Waals surface area contributed by atoms with Crippen LogP contribution in [0.3, 0.4) is 0 Å².